The first-order valence-electron chi connectivity index (χ1n) is 7.64. The standard InChI is InChI=1S/C17H23N3O/c1-3-5-6-14-7-9-15(10-8-14)21-17-13-18-12-16(20-17)19-11-4-2/h7-10,12-13H,3-6,11H2,1-2H3,(H,19,20). The van der Waals surface area contributed by atoms with Gasteiger partial charge < -0.3 is 10.1 Å². The van der Waals surface area contributed by atoms with Gasteiger partial charge in [0, 0.05) is 6.54 Å². The molecule has 0 atom stereocenters. The summed E-state index contributed by atoms with van der Waals surface area (Å²) in [7, 11) is 0. The highest BCUT2D eigenvalue weighted by Crippen LogP contribution is 2.20. The number of nitrogens with one attached hydrogen (secondary N) is 1. The van der Waals surface area contributed by atoms with Crippen molar-refractivity contribution in [3.63, 3.8) is 0 Å². The lowest BCUT2D eigenvalue weighted by atomic mass is 10.1. The number of benzene rings is 1. The highest BCUT2D eigenvalue weighted by molar-refractivity contribution is 5.35. The van der Waals surface area contributed by atoms with E-state index in [1.807, 2.05) is 12.1 Å². The van der Waals surface area contributed by atoms with Crippen LogP contribution in [0.5, 0.6) is 11.6 Å². The fourth-order valence-electron chi connectivity index (χ4n) is 1.96. The number of unbranched alkanes of at least 4 members (excludes halogenated alkanes) is 1. The van der Waals surface area contributed by atoms with E-state index in [2.05, 4.69) is 41.3 Å². The topological polar surface area (TPSA) is 47.0 Å². The van der Waals surface area contributed by atoms with Crippen LogP contribution in [0.2, 0.25) is 0 Å². The van der Waals surface area contributed by atoms with E-state index in [4.69, 9.17) is 4.74 Å². The van der Waals surface area contributed by atoms with E-state index >= 15 is 0 Å². The molecule has 0 bridgehead atoms. The van der Waals surface area contributed by atoms with Gasteiger partial charge in [0.1, 0.15) is 11.6 Å². The molecule has 0 aliphatic rings. The van der Waals surface area contributed by atoms with Gasteiger partial charge in [-0.05, 0) is 37.0 Å². The average Bonchev–Trinajstić information content (AvgIpc) is 2.53. The largest absolute Gasteiger partial charge is 0.437 e. The number of anilines is 1. The molecule has 0 unspecified atom stereocenters. The van der Waals surface area contributed by atoms with Crippen LogP contribution in [0.4, 0.5) is 5.82 Å². The van der Waals surface area contributed by atoms with Crippen molar-refractivity contribution in [2.24, 2.45) is 0 Å². The molecule has 0 saturated carbocycles. The first kappa shape index (κ1) is 15.3. The number of aromatic nitrogens is 2. The van der Waals surface area contributed by atoms with Crippen molar-refractivity contribution >= 4 is 5.82 Å². The van der Waals surface area contributed by atoms with E-state index in [0.717, 1.165) is 31.0 Å². The number of hydrogen-bond donors (Lipinski definition) is 1. The minimum absolute atomic E-state index is 0.511. The minimum Gasteiger partial charge on any atom is -0.437 e. The minimum atomic E-state index is 0.511. The maximum absolute atomic E-state index is 5.74. The third kappa shape index (κ3) is 5.06. The fraction of sp³-hybridized carbons (Fsp3) is 0.412. The summed E-state index contributed by atoms with van der Waals surface area (Å²) in [4.78, 5) is 8.52. The van der Waals surface area contributed by atoms with E-state index in [1.54, 1.807) is 12.4 Å². The molecule has 0 spiro atoms. The Balaban J connectivity index is 1.97. The highest BCUT2D eigenvalue weighted by Gasteiger charge is 2.02. The SMILES string of the molecule is CCCCc1ccc(Oc2cncc(NCCC)n2)cc1. The summed E-state index contributed by atoms with van der Waals surface area (Å²) in [5.41, 5.74) is 1.34. The lowest BCUT2D eigenvalue weighted by Crippen LogP contribution is -2.02. The Morgan fingerprint density at radius 2 is 1.86 bits per heavy atom. The number of aryl methyl sites for hydroxylation is 1. The van der Waals surface area contributed by atoms with E-state index in [0.29, 0.717) is 5.88 Å². The molecule has 1 N–H and O–H groups in total. The Labute approximate surface area is 126 Å². The zero-order valence-corrected chi connectivity index (χ0v) is 12.8. The monoisotopic (exact) mass is 285 g/mol. The second-order valence-electron chi connectivity index (χ2n) is 5.02. The molecule has 2 rings (SSSR count). The molecule has 2 aromatic rings. The molecular formula is C17H23N3O. The van der Waals surface area contributed by atoms with Gasteiger partial charge in [-0.25, -0.2) is 0 Å². The summed E-state index contributed by atoms with van der Waals surface area (Å²) >= 11 is 0. The third-order valence-electron chi connectivity index (χ3n) is 3.13. The van der Waals surface area contributed by atoms with Crippen LogP contribution in [0, 0.1) is 0 Å². The van der Waals surface area contributed by atoms with E-state index in [1.165, 1.54) is 18.4 Å². The van der Waals surface area contributed by atoms with Crippen LogP contribution in [0.1, 0.15) is 38.7 Å². The van der Waals surface area contributed by atoms with Crippen molar-refractivity contribution in [2.45, 2.75) is 39.5 Å². The molecule has 112 valence electrons. The van der Waals surface area contributed by atoms with Crippen molar-refractivity contribution in [3.05, 3.63) is 42.2 Å². The molecule has 0 saturated heterocycles. The molecule has 0 radical (unpaired) electrons. The smallest absolute Gasteiger partial charge is 0.239 e. The van der Waals surface area contributed by atoms with Gasteiger partial charge in [-0.1, -0.05) is 32.4 Å². The maximum atomic E-state index is 5.74. The Morgan fingerprint density at radius 1 is 1.05 bits per heavy atom. The van der Waals surface area contributed by atoms with Crippen LogP contribution < -0.4 is 10.1 Å². The summed E-state index contributed by atoms with van der Waals surface area (Å²) in [5, 5.41) is 3.20. The van der Waals surface area contributed by atoms with Gasteiger partial charge in [0.05, 0.1) is 12.4 Å². The van der Waals surface area contributed by atoms with Crippen LogP contribution in [-0.4, -0.2) is 16.5 Å². The van der Waals surface area contributed by atoms with Crippen LogP contribution in [0.25, 0.3) is 0 Å². The fourth-order valence-corrected chi connectivity index (χ4v) is 1.96. The first-order valence-corrected chi connectivity index (χ1v) is 7.64. The predicted molar refractivity (Wildman–Crippen MR) is 85.9 cm³/mol. The summed E-state index contributed by atoms with van der Waals surface area (Å²) in [5.74, 6) is 2.04. The van der Waals surface area contributed by atoms with Crippen molar-refractivity contribution in [3.8, 4) is 11.6 Å². The van der Waals surface area contributed by atoms with Crippen LogP contribution >= 0.6 is 0 Å². The predicted octanol–water partition coefficient (Wildman–Crippen LogP) is 4.43. The van der Waals surface area contributed by atoms with Gasteiger partial charge in [0.15, 0.2) is 0 Å². The zero-order chi connectivity index (χ0) is 14.9. The van der Waals surface area contributed by atoms with Gasteiger partial charge in [-0.2, -0.15) is 4.98 Å². The zero-order valence-electron chi connectivity index (χ0n) is 12.8. The van der Waals surface area contributed by atoms with Crippen LogP contribution in [-0.2, 0) is 6.42 Å². The molecule has 4 nitrogen and oxygen atoms in total. The molecular weight excluding hydrogens is 262 g/mol. The lowest BCUT2D eigenvalue weighted by Gasteiger charge is -2.08. The first-order chi connectivity index (χ1) is 10.3. The third-order valence-corrected chi connectivity index (χ3v) is 3.13. The van der Waals surface area contributed by atoms with Gasteiger partial charge in [-0.3, -0.25) is 4.98 Å². The summed E-state index contributed by atoms with van der Waals surface area (Å²) < 4.78 is 5.74. The summed E-state index contributed by atoms with van der Waals surface area (Å²) in [6.45, 7) is 5.20. The molecule has 1 aromatic heterocycles. The van der Waals surface area contributed by atoms with E-state index in [-0.39, 0.29) is 0 Å². The number of nitrogens with zero attached hydrogens (tertiary/aromatic N) is 2. The highest BCUT2D eigenvalue weighted by atomic mass is 16.5. The van der Waals surface area contributed by atoms with Crippen LogP contribution in [0.15, 0.2) is 36.7 Å². The Kier molecular flexibility index (Phi) is 6.00. The molecule has 0 aliphatic carbocycles. The molecule has 21 heavy (non-hydrogen) atoms. The van der Waals surface area contributed by atoms with Crippen molar-refractivity contribution in [2.75, 3.05) is 11.9 Å². The normalized spacial score (nSPS) is 10.4. The Hall–Kier alpha value is -2.10. The molecule has 1 heterocycles. The average molecular weight is 285 g/mol. The summed E-state index contributed by atoms with van der Waals surface area (Å²) in [6, 6.07) is 8.19. The Morgan fingerprint density at radius 3 is 2.57 bits per heavy atom. The summed E-state index contributed by atoms with van der Waals surface area (Å²) in [6.07, 6.45) is 7.93. The molecule has 0 amide bonds. The molecule has 1 aromatic carbocycles. The molecule has 0 fully saturated rings. The quantitative estimate of drug-likeness (QED) is 0.779. The van der Waals surface area contributed by atoms with Gasteiger partial charge in [0.25, 0.3) is 0 Å². The van der Waals surface area contributed by atoms with Crippen LogP contribution in [0.3, 0.4) is 0 Å². The van der Waals surface area contributed by atoms with E-state index < -0.39 is 0 Å². The van der Waals surface area contributed by atoms with Gasteiger partial charge in [0.2, 0.25) is 5.88 Å². The van der Waals surface area contributed by atoms with Crippen molar-refractivity contribution in [1.82, 2.24) is 9.97 Å². The van der Waals surface area contributed by atoms with E-state index in [9.17, 15) is 0 Å². The number of rotatable bonds is 8. The van der Waals surface area contributed by atoms with Gasteiger partial charge in [-0.15, -0.1) is 0 Å². The van der Waals surface area contributed by atoms with Crippen molar-refractivity contribution < 1.29 is 4.74 Å². The lowest BCUT2D eigenvalue weighted by molar-refractivity contribution is 0.460. The number of ether oxygens (including phenoxy) is 1. The number of hydrogen-bond acceptors (Lipinski definition) is 4. The molecule has 4 heteroatoms. The Bertz CT molecular complexity index is 540. The maximum Gasteiger partial charge on any atom is 0.239 e. The second-order valence-corrected chi connectivity index (χ2v) is 5.02. The molecule has 0 aliphatic heterocycles. The van der Waals surface area contributed by atoms with Gasteiger partial charge >= 0.3 is 0 Å². The van der Waals surface area contributed by atoms with Crippen molar-refractivity contribution in [1.29, 1.82) is 0 Å². The second kappa shape index (κ2) is 8.25.